The van der Waals surface area contributed by atoms with E-state index in [1.807, 2.05) is 50.3 Å². The second kappa shape index (κ2) is 4.46. The van der Waals surface area contributed by atoms with Crippen LogP contribution in [0.25, 0.3) is 17.2 Å². The summed E-state index contributed by atoms with van der Waals surface area (Å²) in [6, 6.07) is 12.1. The van der Waals surface area contributed by atoms with E-state index in [-0.39, 0.29) is 0 Å². The fourth-order valence-corrected chi connectivity index (χ4v) is 2.05. The summed E-state index contributed by atoms with van der Waals surface area (Å²) < 4.78 is 0. The molecule has 17 heavy (non-hydrogen) atoms. The molecule has 2 rings (SSSR count). The minimum Gasteiger partial charge on any atom is -0.507 e. The molecule has 0 atom stereocenters. The number of phenols is 1. The highest BCUT2D eigenvalue weighted by molar-refractivity contribution is 5.76. The van der Waals surface area contributed by atoms with Gasteiger partial charge >= 0.3 is 0 Å². The highest BCUT2D eigenvalue weighted by Gasteiger charge is 2.07. The third-order valence-electron chi connectivity index (χ3n) is 2.98. The van der Waals surface area contributed by atoms with Crippen molar-refractivity contribution in [3.63, 3.8) is 0 Å². The first-order valence-electron chi connectivity index (χ1n) is 5.65. The van der Waals surface area contributed by atoms with Crippen LogP contribution in [0.2, 0.25) is 0 Å². The first-order chi connectivity index (χ1) is 8.13. The summed E-state index contributed by atoms with van der Waals surface area (Å²) in [5.74, 6) is 0.379. The van der Waals surface area contributed by atoms with Gasteiger partial charge in [0.05, 0.1) is 0 Å². The SMILES string of the molecule is C=Cc1ccccc1-c1cc(C)c(O)c(C)c1. The summed E-state index contributed by atoms with van der Waals surface area (Å²) in [4.78, 5) is 0. The van der Waals surface area contributed by atoms with E-state index in [4.69, 9.17) is 0 Å². The molecule has 0 bridgehead atoms. The van der Waals surface area contributed by atoms with Crippen LogP contribution in [0.5, 0.6) is 5.75 Å². The molecule has 0 spiro atoms. The summed E-state index contributed by atoms with van der Waals surface area (Å²) in [5, 5.41) is 9.78. The Morgan fingerprint density at radius 3 is 2.24 bits per heavy atom. The van der Waals surface area contributed by atoms with Gasteiger partial charge in [-0.25, -0.2) is 0 Å². The Labute approximate surface area is 102 Å². The quantitative estimate of drug-likeness (QED) is 0.805. The number of benzene rings is 2. The molecule has 0 aliphatic rings. The lowest BCUT2D eigenvalue weighted by atomic mass is 9.96. The Morgan fingerprint density at radius 2 is 1.65 bits per heavy atom. The topological polar surface area (TPSA) is 20.2 Å². The van der Waals surface area contributed by atoms with Crippen molar-refractivity contribution in [1.82, 2.24) is 0 Å². The largest absolute Gasteiger partial charge is 0.507 e. The van der Waals surface area contributed by atoms with Gasteiger partial charge in [0.2, 0.25) is 0 Å². The maximum atomic E-state index is 9.78. The van der Waals surface area contributed by atoms with Crippen molar-refractivity contribution in [2.45, 2.75) is 13.8 Å². The first kappa shape index (κ1) is 11.5. The Morgan fingerprint density at radius 1 is 1.06 bits per heavy atom. The Bertz CT molecular complexity index is 544. The zero-order valence-electron chi connectivity index (χ0n) is 10.2. The van der Waals surface area contributed by atoms with Crippen molar-refractivity contribution < 1.29 is 5.11 Å². The highest BCUT2D eigenvalue weighted by atomic mass is 16.3. The molecule has 0 saturated heterocycles. The zero-order chi connectivity index (χ0) is 12.4. The van der Waals surface area contributed by atoms with E-state index in [1.54, 1.807) is 0 Å². The van der Waals surface area contributed by atoms with Crippen molar-refractivity contribution in [1.29, 1.82) is 0 Å². The van der Waals surface area contributed by atoms with Crippen molar-refractivity contribution in [3.8, 4) is 16.9 Å². The maximum absolute atomic E-state index is 9.78. The fraction of sp³-hybridized carbons (Fsp3) is 0.125. The van der Waals surface area contributed by atoms with Gasteiger partial charge in [-0.05, 0) is 53.8 Å². The summed E-state index contributed by atoms with van der Waals surface area (Å²) >= 11 is 0. The van der Waals surface area contributed by atoms with Crippen LogP contribution < -0.4 is 0 Å². The van der Waals surface area contributed by atoms with Crippen LogP contribution in [0.3, 0.4) is 0 Å². The lowest BCUT2D eigenvalue weighted by Gasteiger charge is -2.10. The van der Waals surface area contributed by atoms with E-state index in [0.29, 0.717) is 5.75 Å². The number of aromatic hydroxyl groups is 1. The predicted octanol–water partition coefficient (Wildman–Crippen LogP) is 4.32. The number of hydrogen-bond donors (Lipinski definition) is 1. The molecule has 1 heteroatoms. The molecule has 0 saturated carbocycles. The number of aryl methyl sites for hydroxylation is 2. The van der Waals surface area contributed by atoms with Gasteiger partial charge in [0, 0.05) is 0 Å². The number of phenolic OH excluding ortho intramolecular Hbond substituents is 1. The average molecular weight is 224 g/mol. The molecule has 1 nitrogen and oxygen atoms in total. The van der Waals surface area contributed by atoms with Gasteiger partial charge in [-0.15, -0.1) is 0 Å². The molecule has 0 aliphatic carbocycles. The first-order valence-corrected chi connectivity index (χ1v) is 5.65. The van der Waals surface area contributed by atoms with Gasteiger partial charge in [-0.1, -0.05) is 36.9 Å². The lowest BCUT2D eigenvalue weighted by Crippen LogP contribution is -1.87. The molecule has 0 radical (unpaired) electrons. The molecular weight excluding hydrogens is 208 g/mol. The molecule has 0 heterocycles. The van der Waals surface area contributed by atoms with Gasteiger partial charge in [0.25, 0.3) is 0 Å². The second-order valence-electron chi connectivity index (χ2n) is 4.25. The minimum absolute atomic E-state index is 0.379. The summed E-state index contributed by atoms with van der Waals surface area (Å²) in [6.45, 7) is 7.67. The molecule has 2 aromatic carbocycles. The van der Waals surface area contributed by atoms with Gasteiger partial charge in [-0.2, -0.15) is 0 Å². The third kappa shape index (κ3) is 2.09. The van der Waals surface area contributed by atoms with Crippen LogP contribution in [0, 0.1) is 13.8 Å². The van der Waals surface area contributed by atoms with Crippen molar-refractivity contribution in [2.75, 3.05) is 0 Å². The van der Waals surface area contributed by atoms with E-state index in [0.717, 1.165) is 27.8 Å². The van der Waals surface area contributed by atoms with Crippen molar-refractivity contribution >= 4 is 6.08 Å². The fourth-order valence-electron chi connectivity index (χ4n) is 2.05. The van der Waals surface area contributed by atoms with Crippen LogP contribution in [0.4, 0.5) is 0 Å². The van der Waals surface area contributed by atoms with Crippen LogP contribution in [-0.4, -0.2) is 5.11 Å². The van der Waals surface area contributed by atoms with E-state index in [1.165, 1.54) is 0 Å². The molecule has 0 aromatic heterocycles. The van der Waals surface area contributed by atoms with Crippen LogP contribution >= 0.6 is 0 Å². The number of hydrogen-bond acceptors (Lipinski definition) is 1. The molecule has 1 N–H and O–H groups in total. The predicted molar refractivity (Wildman–Crippen MR) is 73.1 cm³/mol. The maximum Gasteiger partial charge on any atom is 0.121 e. The van der Waals surface area contributed by atoms with Crippen molar-refractivity contribution in [3.05, 3.63) is 59.7 Å². The lowest BCUT2D eigenvalue weighted by molar-refractivity contribution is 0.467. The van der Waals surface area contributed by atoms with Gasteiger partial charge in [0.15, 0.2) is 0 Å². The summed E-state index contributed by atoms with van der Waals surface area (Å²) in [6.07, 6.45) is 1.85. The van der Waals surface area contributed by atoms with E-state index in [2.05, 4.69) is 12.6 Å². The summed E-state index contributed by atoms with van der Waals surface area (Å²) in [7, 11) is 0. The molecule has 0 amide bonds. The average Bonchev–Trinajstić information content (AvgIpc) is 2.35. The summed E-state index contributed by atoms with van der Waals surface area (Å²) in [5.41, 5.74) is 5.18. The third-order valence-corrected chi connectivity index (χ3v) is 2.98. The van der Waals surface area contributed by atoms with Gasteiger partial charge in [0.1, 0.15) is 5.75 Å². The minimum atomic E-state index is 0.379. The second-order valence-corrected chi connectivity index (χ2v) is 4.25. The van der Waals surface area contributed by atoms with Crippen LogP contribution in [0.15, 0.2) is 43.0 Å². The van der Waals surface area contributed by atoms with E-state index in [9.17, 15) is 5.11 Å². The molecule has 0 unspecified atom stereocenters. The number of rotatable bonds is 2. The normalized spacial score (nSPS) is 10.2. The van der Waals surface area contributed by atoms with Crippen LogP contribution in [0.1, 0.15) is 16.7 Å². The molecule has 0 aliphatic heterocycles. The monoisotopic (exact) mass is 224 g/mol. The Hall–Kier alpha value is -2.02. The van der Waals surface area contributed by atoms with Gasteiger partial charge in [-0.3, -0.25) is 0 Å². The smallest absolute Gasteiger partial charge is 0.121 e. The molecule has 0 fully saturated rings. The zero-order valence-corrected chi connectivity index (χ0v) is 10.2. The molecule has 2 aromatic rings. The van der Waals surface area contributed by atoms with E-state index < -0.39 is 0 Å². The van der Waals surface area contributed by atoms with Gasteiger partial charge < -0.3 is 5.11 Å². The Balaban J connectivity index is 2.65. The van der Waals surface area contributed by atoms with Crippen molar-refractivity contribution in [2.24, 2.45) is 0 Å². The standard InChI is InChI=1S/C16H16O/c1-4-13-7-5-6-8-15(13)14-9-11(2)16(17)12(3)10-14/h4-10,17H,1H2,2-3H3. The highest BCUT2D eigenvalue weighted by Crippen LogP contribution is 2.31. The van der Waals surface area contributed by atoms with E-state index >= 15 is 0 Å². The van der Waals surface area contributed by atoms with Crippen LogP contribution in [-0.2, 0) is 0 Å². The molecular formula is C16H16O. The Kier molecular flexibility index (Phi) is 3.01. The molecule has 86 valence electrons.